The van der Waals surface area contributed by atoms with Crippen LogP contribution >= 0.6 is 0 Å². The molecule has 0 unspecified atom stereocenters. The Kier molecular flexibility index (Phi) is 4.85. The lowest BCUT2D eigenvalue weighted by Crippen LogP contribution is -1.99. The quantitative estimate of drug-likeness (QED) is 0.832. The molecule has 2 rings (SSSR count). The van der Waals surface area contributed by atoms with Crippen molar-refractivity contribution in [3.05, 3.63) is 59.7 Å². The number of hydrogen-bond donors (Lipinski definition) is 1. The minimum atomic E-state index is 0.710. The highest BCUT2D eigenvalue weighted by Crippen LogP contribution is 2.14. The lowest BCUT2D eigenvalue weighted by molar-refractivity contribution is 0.340. The highest BCUT2D eigenvalue weighted by atomic mass is 16.5. The van der Waals surface area contributed by atoms with E-state index >= 15 is 0 Å². The number of anilines is 1. The molecule has 0 saturated carbocycles. The first-order chi connectivity index (χ1) is 9.31. The molecule has 0 aliphatic carbocycles. The predicted octanol–water partition coefficient (Wildman–Crippen LogP) is 4.26. The molecular weight excluding hydrogens is 234 g/mol. The zero-order valence-corrected chi connectivity index (χ0v) is 11.6. The summed E-state index contributed by atoms with van der Waals surface area (Å²) in [5, 5.41) is 3.42. The molecule has 0 amide bonds. The van der Waals surface area contributed by atoms with Crippen LogP contribution in [0, 0.1) is 0 Å². The smallest absolute Gasteiger partial charge is 0.119 e. The van der Waals surface area contributed by atoms with Crippen molar-refractivity contribution >= 4 is 5.69 Å². The van der Waals surface area contributed by atoms with Crippen molar-refractivity contribution in [2.45, 2.75) is 26.8 Å². The van der Waals surface area contributed by atoms with Crippen molar-refractivity contribution < 1.29 is 4.74 Å². The second-order valence-corrected chi connectivity index (χ2v) is 4.48. The van der Waals surface area contributed by atoms with Gasteiger partial charge in [-0.15, -0.1) is 0 Å². The summed E-state index contributed by atoms with van der Waals surface area (Å²) >= 11 is 0. The van der Waals surface area contributed by atoms with E-state index in [0.717, 1.165) is 24.4 Å². The van der Waals surface area contributed by atoms with Crippen molar-refractivity contribution in [3.8, 4) is 5.75 Å². The normalized spacial score (nSPS) is 10.2. The largest absolute Gasteiger partial charge is 0.494 e. The molecule has 2 nitrogen and oxygen atoms in total. The van der Waals surface area contributed by atoms with Crippen molar-refractivity contribution in [1.29, 1.82) is 0 Å². The van der Waals surface area contributed by atoms with Gasteiger partial charge in [-0.05, 0) is 48.7 Å². The second kappa shape index (κ2) is 6.83. The summed E-state index contributed by atoms with van der Waals surface area (Å²) in [6.45, 7) is 5.71. The summed E-state index contributed by atoms with van der Waals surface area (Å²) in [6, 6.07) is 16.8. The SMILES string of the molecule is CCOc1ccc(CNc2ccc(CC)cc2)cc1. The number of benzene rings is 2. The zero-order chi connectivity index (χ0) is 13.5. The van der Waals surface area contributed by atoms with Gasteiger partial charge in [0.05, 0.1) is 6.61 Å². The molecule has 0 fully saturated rings. The van der Waals surface area contributed by atoms with Gasteiger partial charge < -0.3 is 10.1 Å². The molecule has 0 aliphatic rings. The summed E-state index contributed by atoms with van der Waals surface area (Å²) in [7, 11) is 0. The number of ether oxygens (including phenoxy) is 1. The third-order valence-electron chi connectivity index (χ3n) is 3.09. The van der Waals surface area contributed by atoms with Gasteiger partial charge in [0.2, 0.25) is 0 Å². The van der Waals surface area contributed by atoms with Crippen LogP contribution in [0.3, 0.4) is 0 Å². The topological polar surface area (TPSA) is 21.3 Å². The zero-order valence-electron chi connectivity index (χ0n) is 11.6. The maximum Gasteiger partial charge on any atom is 0.119 e. The molecule has 0 aliphatic heterocycles. The Balaban J connectivity index is 1.90. The monoisotopic (exact) mass is 255 g/mol. The lowest BCUT2D eigenvalue weighted by Gasteiger charge is -2.08. The Morgan fingerprint density at radius 1 is 0.842 bits per heavy atom. The van der Waals surface area contributed by atoms with E-state index in [4.69, 9.17) is 4.74 Å². The number of nitrogens with one attached hydrogen (secondary N) is 1. The van der Waals surface area contributed by atoms with E-state index in [2.05, 4.69) is 48.6 Å². The first-order valence-corrected chi connectivity index (χ1v) is 6.86. The minimum absolute atomic E-state index is 0.710. The molecule has 1 N–H and O–H groups in total. The summed E-state index contributed by atoms with van der Waals surface area (Å²) < 4.78 is 5.43. The summed E-state index contributed by atoms with van der Waals surface area (Å²) in [5.74, 6) is 0.929. The van der Waals surface area contributed by atoms with Crippen molar-refractivity contribution in [2.24, 2.45) is 0 Å². The molecule has 0 radical (unpaired) electrons. The summed E-state index contributed by atoms with van der Waals surface area (Å²) in [5.41, 5.74) is 3.78. The maximum atomic E-state index is 5.43. The van der Waals surface area contributed by atoms with Crippen LogP contribution < -0.4 is 10.1 Å². The fourth-order valence-electron chi connectivity index (χ4n) is 1.93. The third kappa shape index (κ3) is 4.02. The van der Waals surface area contributed by atoms with Gasteiger partial charge in [0.15, 0.2) is 0 Å². The fourth-order valence-corrected chi connectivity index (χ4v) is 1.93. The highest BCUT2D eigenvalue weighted by Gasteiger charge is 1.96. The van der Waals surface area contributed by atoms with E-state index in [1.54, 1.807) is 0 Å². The number of hydrogen-bond acceptors (Lipinski definition) is 2. The van der Waals surface area contributed by atoms with Gasteiger partial charge in [-0.2, -0.15) is 0 Å². The molecule has 0 bridgehead atoms. The summed E-state index contributed by atoms with van der Waals surface area (Å²) in [4.78, 5) is 0. The standard InChI is InChI=1S/C17H21NO/c1-3-14-5-9-16(10-6-14)18-13-15-7-11-17(12-8-15)19-4-2/h5-12,18H,3-4,13H2,1-2H3. The molecular formula is C17H21NO. The van der Waals surface area contributed by atoms with Gasteiger partial charge in [-0.25, -0.2) is 0 Å². The Bertz CT molecular complexity index is 488. The molecule has 0 spiro atoms. The van der Waals surface area contributed by atoms with Crippen molar-refractivity contribution in [1.82, 2.24) is 0 Å². The van der Waals surface area contributed by atoms with Gasteiger partial charge in [-0.3, -0.25) is 0 Å². The van der Waals surface area contributed by atoms with Crippen molar-refractivity contribution in [2.75, 3.05) is 11.9 Å². The molecule has 0 aromatic heterocycles. The number of rotatable bonds is 6. The molecule has 2 aromatic rings. The Morgan fingerprint density at radius 2 is 1.47 bits per heavy atom. The van der Waals surface area contributed by atoms with Crippen LogP contribution in [-0.2, 0) is 13.0 Å². The van der Waals surface area contributed by atoms with Crippen LogP contribution in [0.2, 0.25) is 0 Å². The van der Waals surface area contributed by atoms with Crippen LogP contribution in [0.4, 0.5) is 5.69 Å². The summed E-state index contributed by atoms with van der Waals surface area (Å²) in [6.07, 6.45) is 1.08. The van der Waals surface area contributed by atoms with Crippen molar-refractivity contribution in [3.63, 3.8) is 0 Å². The van der Waals surface area contributed by atoms with Gasteiger partial charge in [0.1, 0.15) is 5.75 Å². The third-order valence-corrected chi connectivity index (χ3v) is 3.09. The highest BCUT2D eigenvalue weighted by molar-refractivity contribution is 5.45. The number of aryl methyl sites for hydroxylation is 1. The Labute approximate surface area is 115 Å². The van der Waals surface area contributed by atoms with E-state index in [1.807, 2.05) is 19.1 Å². The van der Waals surface area contributed by atoms with E-state index in [-0.39, 0.29) is 0 Å². The Morgan fingerprint density at radius 3 is 2.05 bits per heavy atom. The fraction of sp³-hybridized carbons (Fsp3) is 0.294. The van der Waals surface area contributed by atoms with Crippen LogP contribution in [0.25, 0.3) is 0 Å². The lowest BCUT2D eigenvalue weighted by atomic mass is 10.1. The molecule has 0 heterocycles. The molecule has 0 saturated heterocycles. The average molecular weight is 255 g/mol. The van der Waals surface area contributed by atoms with E-state index in [9.17, 15) is 0 Å². The van der Waals surface area contributed by atoms with E-state index in [0.29, 0.717) is 6.61 Å². The molecule has 2 heteroatoms. The molecule has 0 atom stereocenters. The van der Waals surface area contributed by atoms with Gasteiger partial charge in [0.25, 0.3) is 0 Å². The van der Waals surface area contributed by atoms with Gasteiger partial charge in [-0.1, -0.05) is 31.2 Å². The molecule has 19 heavy (non-hydrogen) atoms. The molecule has 100 valence electrons. The first-order valence-electron chi connectivity index (χ1n) is 6.86. The van der Waals surface area contributed by atoms with E-state index < -0.39 is 0 Å². The first kappa shape index (κ1) is 13.5. The predicted molar refractivity (Wildman–Crippen MR) is 80.8 cm³/mol. The van der Waals surface area contributed by atoms with Crippen LogP contribution in [0.5, 0.6) is 5.75 Å². The molecule has 2 aromatic carbocycles. The second-order valence-electron chi connectivity index (χ2n) is 4.48. The average Bonchev–Trinajstić information content (AvgIpc) is 2.47. The maximum absolute atomic E-state index is 5.43. The van der Waals surface area contributed by atoms with Crippen LogP contribution in [-0.4, -0.2) is 6.61 Å². The van der Waals surface area contributed by atoms with E-state index in [1.165, 1.54) is 11.1 Å². The van der Waals surface area contributed by atoms with Crippen LogP contribution in [0.15, 0.2) is 48.5 Å². The minimum Gasteiger partial charge on any atom is -0.494 e. The van der Waals surface area contributed by atoms with Gasteiger partial charge >= 0.3 is 0 Å². The van der Waals surface area contributed by atoms with Crippen LogP contribution in [0.1, 0.15) is 25.0 Å². The Hall–Kier alpha value is -1.96. The van der Waals surface area contributed by atoms with Gasteiger partial charge in [0, 0.05) is 12.2 Å².